The summed E-state index contributed by atoms with van der Waals surface area (Å²) in [4.78, 5) is 0. The van der Waals surface area contributed by atoms with Gasteiger partial charge >= 0.3 is 0 Å². The fraction of sp³-hybridized carbons (Fsp3) is 0. The summed E-state index contributed by atoms with van der Waals surface area (Å²) in [5, 5.41) is 4.46. The van der Waals surface area contributed by atoms with Gasteiger partial charge in [-0.1, -0.05) is 28.4 Å². The van der Waals surface area contributed by atoms with Crippen molar-refractivity contribution in [2.45, 2.75) is 0 Å². The predicted octanol–water partition coefficient (Wildman–Crippen LogP) is 3.50. The number of nitrogens with zero attached hydrogens (tertiary/aromatic N) is 1. The van der Waals surface area contributed by atoms with Crippen LogP contribution in [-0.4, -0.2) is 6.21 Å². The Bertz CT molecular complexity index is 301. The third kappa shape index (κ3) is 2.55. The van der Waals surface area contributed by atoms with Crippen LogP contribution < -0.4 is 0 Å². The summed E-state index contributed by atoms with van der Waals surface area (Å²) < 4.78 is 3.98. The Labute approximate surface area is 84.8 Å². The van der Waals surface area contributed by atoms with Gasteiger partial charge in [-0.2, -0.15) is 0 Å². The lowest BCUT2D eigenvalue weighted by Crippen LogP contribution is -1.82. The number of halogens is 3. The molecule has 0 spiro atoms. The third-order valence-corrected chi connectivity index (χ3v) is 1.85. The highest BCUT2D eigenvalue weighted by atomic mass is 35.5. The van der Waals surface area contributed by atoms with E-state index in [1.165, 1.54) is 6.21 Å². The second kappa shape index (κ2) is 4.55. The Balaban J connectivity index is 2.97. The molecule has 0 aliphatic rings. The molecule has 5 heteroatoms. The van der Waals surface area contributed by atoms with E-state index in [-0.39, 0.29) is 0 Å². The summed E-state index contributed by atoms with van der Waals surface area (Å²) in [6.07, 6.45) is 1.38. The highest BCUT2D eigenvalue weighted by Gasteiger charge is 1.97. The van der Waals surface area contributed by atoms with Gasteiger partial charge in [0.1, 0.15) is 0 Å². The Hall–Kier alpha value is -0.440. The highest BCUT2D eigenvalue weighted by Crippen LogP contribution is 2.18. The first-order valence-corrected chi connectivity index (χ1v) is 4.06. The van der Waals surface area contributed by atoms with Crippen LogP contribution in [0.1, 0.15) is 5.56 Å². The number of rotatable bonds is 2. The van der Waals surface area contributed by atoms with Crippen LogP contribution >= 0.6 is 35.1 Å². The molecule has 0 aliphatic carbocycles. The molecule has 0 amide bonds. The van der Waals surface area contributed by atoms with Gasteiger partial charge in [0, 0.05) is 15.6 Å². The Morgan fingerprint density at radius 2 is 2.08 bits per heavy atom. The molecule has 0 aliphatic heterocycles. The van der Waals surface area contributed by atoms with Gasteiger partial charge in [0.25, 0.3) is 0 Å². The van der Waals surface area contributed by atoms with Crippen molar-refractivity contribution in [1.82, 2.24) is 0 Å². The number of oxime groups is 1. The lowest BCUT2D eigenvalue weighted by atomic mass is 10.2. The minimum absolute atomic E-state index is 0.539. The van der Waals surface area contributed by atoms with E-state index in [4.69, 9.17) is 35.1 Å². The van der Waals surface area contributed by atoms with Gasteiger partial charge in [0.2, 0.25) is 0 Å². The van der Waals surface area contributed by atoms with E-state index in [2.05, 4.69) is 9.55 Å². The number of hydrogen-bond acceptors (Lipinski definition) is 2. The van der Waals surface area contributed by atoms with Crippen molar-refractivity contribution in [2.24, 2.45) is 5.16 Å². The Morgan fingerprint density at radius 1 is 1.33 bits per heavy atom. The van der Waals surface area contributed by atoms with E-state index in [1.807, 2.05) is 0 Å². The average Bonchev–Trinajstić information content (AvgIpc) is 2.07. The molecule has 0 bridgehead atoms. The van der Waals surface area contributed by atoms with Crippen LogP contribution in [0, 0.1) is 0 Å². The van der Waals surface area contributed by atoms with Crippen molar-refractivity contribution in [3.8, 4) is 0 Å². The SMILES string of the molecule is ClON=Cc1cc(Cl)ccc1Cl. The summed E-state index contributed by atoms with van der Waals surface area (Å²) in [6, 6.07) is 5.01. The minimum Gasteiger partial charge on any atom is -0.277 e. The first kappa shape index (κ1) is 9.65. The zero-order valence-corrected chi connectivity index (χ0v) is 8.07. The average molecular weight is 224 g/mol. The molecule has 1 rings (SSSR count). The van der Waals surface area contributed by atoms with Crippen molar-refractivity contribution < 1.29 is 4.39 Å². The maximum atomic E-state index is 5.78. The first-order valence-electron chi connectivity index (χ1n) is 3.00. The second-order valence-electron chi connectivity index (χ2n) is 1.97. The summed E-state index contributed by atoms with van der Waals surface area (Å²) in [5.41, 5.74) is 0.657. The first-order chi connectivity index (χ1) is 5.74. The van der Waals surface area contributed by atoms with E-state index in [0.29, 0.717) is 15.6 Å². The van der Waals surface area contributed by atoms with Crippen LogP contribution in [0.15, 0.2) is 23.4 Å². The molecule has 2 nitrogen and oxygen atoms in total. The van der Waals surface area contributed by atoms with Gasteiger partial charge in [-0.25, -0.2) is 0 Å². The van der Waals surface area contributed by atoms with Crippen LogP contribution in [0.25, 0.3) is 0 Å². The minimum atomic E-state index is 0.539. The molecule has 12 heavy (non-hydrogen) atoms. The fourth-order valence-corrected chi connectivity index (χ4v) is 1.08. The zero-order chi connectivity index (χ0) is 8.97. The topological polar surface area (TPSA) is 21.6 Å². The van der Waals surface area contributed by atoms with Gasteiger partial charge in [0.15, 0.2) is 11.9 Å². The van der Waals surface area contributed by atoms with Gasteiger partial charge in [-0.05, 0) is 18.2 Å². The van der Waals surface area contributed by atoms with Crippen molar-refractivity contribution in [3.63, 3.8) is 0 Å². The van der Waals surface area contributed by atoms with E-state index >= 15 is 0 Å². The van der Waals surface area contributed by atoms with E-state index < -0.39 is 0 Å². The summed E-state index contributed by atoms with van der Waals surface area (Å²) >= 11 is 16.4. The molecule has 64 valence electrons. The van der Waals surface area contributed by atoms with E-state index in [1.54, 1.807) is 18.2 Å². The quantitative estimate of drug-likeness (QED) is 0.556. The molecule has 0 radical (unpaired) electrons. The van der Waals surface area contributed by atoms with Gasteiger partial charge < -0.3 is 0 Å². The van der Waals surface area contributed by atoms with Crippen molar-refractivity contribution in [2.75, 3.05) is 0 Å². The maximum absolute atomic E-state index is 5.78. The molecule has 0 N–H and O–H groups in total. The van der Waals surface area contributed by atoms with Gasteiger partial charge in [-0.3, -0.25) is 4.39 Å². The second-order valence-corrected chi connectivity index (χ2v) is 2.95. The largest absolute Gasteiger partial charge is 0.277 e. The van der Waals surface area contributed by atoms with Gasteiger partial charge in [0.05, 0.1) is 6.21 Å². The summed E-state index contributed by atoms with van der Waals surface area (Å²) in [7, 11) is 0. The normalized spacial score (nSPS) is 10.6. The number of hydrogen-bond donors (Lipinski definition) is 0. The van der Waals surface area contributed by atoms with Crippen molar-refractivity contribution in [1.29, 1.82) is 0 Å². The number of benzene rings is 1. The monoisotopic (exact) mass is 223 g/mol. The fourth-order valence-electron chi connectivity index (χ4n) is 0.690. The van der Waals surface area contributed by atoms with Crippen LogP contribution in [-0.2, 0) is 4.39 Å². The molecule has 0 aromatic heterocycles. The van der Waals surface area contributed by atoms with Crippen LogP contribution in [0.4, 0.5) is 0 Å². The Morgan fingerprint density at radius 3 is 2.75 bits per heavy atom. The van der Waals surface area contributed by atoms with Crippen LogP contribution in [0.5, 0.6) is 0 Å². The standard InChI is InChI=1S/C7H4Cl3NO/c8-6-1-2-7(9)5(3-6)4-11-12-10/h1-4H. The van der Waals surface area contributed by atoms with E-state index in [9.17, 15) is 0 Å². The molecule has 0 unspecified atom stereocenters. The smallest absolute Gasteiger partial charge is 0.167 e. The molecule has 1 aromatic carbocycles. The molecule has 0 saturated heterocycles. The maximum Gasteiger partial charge on any atom is 0.167 e. The lowest BCUT2D eigenvalue weighted by molar-refractivity contribution is 0.383. The van der Waals surface area contributed by atoms with Crippen LogP contribution in [0.2, 0.25) is 10.0 Å². The molecular formula is C7H4Cl3NO. The molecular weight excluding hydrogens is 220 g/mol. The van der Waals surface area contributed by atoms with Crippen molar-refractivity contribution in [3.05, 3.63) is 33.8 Å². The molecule has 0 saturated carbocycles. The molecule has 0 heterocycles. The lowest BCUT2D eigenvalue weighted by Gasteiger charge is -1.96. The zero-order valence-electron chi connectivity index (χ0n) is 5.80. The van der Waals surface area contributed by atoms with Crippen molar-refractivity contribution >= 4 is 41.3 Å². The van der Waals surface area contributed by atoms with Gasteiger partial charge in [-0.15, -0.1) is 0 Å². The third-order valence-electron chi connectivity index (χ3n) is 1.19. The summed E-state index contributed by atoms with van der Waals surface area (Å²) in [6.45, 7) is 0. The highest BCUT2D eigenvalue weighted by molar-refractivity contribution is 6.35. The molecule has 0 fully saturated rings. The Kier molecular flexibility index (Phi) is 3.66. The van der Waals surface area contributed by atoms with Crippen LogP contribution in [0.3, 0.4) is 0 Å². The molecule has 1 aromatic rings. The molecule has 0 atom stereocenters. The summed E-state index contributed by atoms with van der Waals surface area (Å²) in [5.74, 6) is 0. The predicted molar refractivity (Wildman–Crippen MR) is 51.0 cm³/mol. The van der Waals surface area contributed by atoms with E-state index in [0.717, 1.165) is 0 Å².